The highest BCUT2D eigenvalue weighted by Gasteiger charge is 2.08. The summed E-state index contributed by atoms with van der Waals surface area (Å²) in [6.45, 7) is 6.08. The highest BCUT2D eigenvalue weighted by Crippen LogP contribution is 2.18. The first-order valence-electron chi connectivity index (χ1n) is 5.09. The minimum absolute atomic E-state index is 0.120. The SMILES string of the molecule is CC(C)(C)N=C(N)SCc1cccc(Cl)c1. The summed E-state index contributed by atoms with van der Waals surface area (Å²) in [7, 11) is 0. The number of hydrogen-bond donors (Lipinski definition) is 1. The molecule has 0 unspecified atom stereocenters. The Bertz CT molecular complexity index is 383. The Morgan fingerprint density at radius 1 is 1.44 bits per heavy atom. The Balaban J connectivity index is 2.55. The van der Waals surface area contributed by atoms with Crippen LogP contribution in [0, 0.1) is 0 Å². The summed E-state index contributed by atoms with van der Waals surface area (Å²) in [4.78, 5) is 4.37. The van der Waals surface area contributed by atoms with Crippen LogP contribution in [0.2, 0.25) is 5.02 Å². The smallest absolute Gasteiger partial charge is 0.154 e. The molecule has 0 aliphatic carbocycles. The summed E-state index contributed by atoms with van der Waals surface area (Å²) in [5, 5.41) is 1.37. The Kier molecular flexibility index (Phi) is 4.69. The molecule has 1 rings (SSSR count). The highest BCUT2D eigenvalue weighted by atomic mass is 35.5. The maximum atomic E-state index is 5.90. The summed E-state index contributed by atoms with van der Waals surface area (Å²) in [6, 6.07) is 7.78. The van der Waals surface area contributed by atoms with Gasteiger partial charge in [0.1, 0.15) is 0 Å². The second-order valence-electron chi connectivity index (χ2n) is 4.54. The molecular weight excluding hydrogens is 240 g/mol. The van der Waals surface area contributed by atoms with E-state index in [1.807, 2.05) is 45.0 Å². The van der Waals surface area contributed by atoms with Gasteiger partial charge in [0, 0.05) is 10.8 Å². The molecule has 0 heterocycles. The first kappa shape index (κ1) is 13.4. The van der Waals surface area contributed by atoms with Crippen LogP contribution >= 0.6 is 23.4 Å². The van der Waals surface area contributed by atoms with Gasteiger partial charge in [0.2, 0.25) is 0 Å². The molecule has 0 fully saturated rings. The third-order valence-electron chi connectivity index (χ3n) is 1.72. The molecule has 0 atom stereocenters. The van der Waals surface area contributed by atoms with Crippen molar-refractivity contribution in [1.82, 2.24) is 0 Å². The van der Waals surface area contributed by atoms with Gasteiger partial charge in [-0.05, 0) is 38.5 Å². The van der Waals surface area contributed by atoms with E-state index in [1.54, 1.807) is 0 Å². The minimum atomic E-state index is -0.120. The van der Waals surface area contributed by atoms with Gasteiger partial charge < -0.3 is 5.73 Å². The average molecular weight is 257 g/mol. The number of amidine groups is 1. The van der Waals surface area contributed by atoms with Crippen LogP contribution < -0.4 is 5.73 Å². The van der Waals surface area contributed by atoms with Crippen molar-refractivity contribution in [2.24, 2.45) is 10.7 Å². The second-order valence-corrected chi connectivity index (χ2v) is 5.97. The lowest BCUT2D eigenvalue weighted by Crippen LogP contribution is -2.17. The molecule has 0 aromatic heterocycles. The van der Waals surface area contributed by atoms with Crippen LogP contribution in [0.4, 0.5) is 0 Å². The predicted molar refractivity (Wildman–Crippen MR) is 74.1 cm³/mol. The monoisotopic (exact) mass is 256 g/mol. The molecule has 0 amide bonds. The second kappa shape index (κ2) is 5.60. The molecule has 0 bridgehead atoms. The molecule has 16 heavy (non-hydrogen) atoms. The van der Waals surface area contributed by atoms with E-state index in [0.717, 1.165) is 16.3 Å². The van der Waals surface area contributed by atoms with Crippen molar-refractivity contribution in [1.29, 1.82) is 0 Å². The number of hydrogen-bond acceptors (Lipinski definition) is 2. The normalized spacial score (nSPS) is 12.9. The molecule has 88 valence electrons. The lowest BCUT2D eigenvalue weighted by Gasteiger charge is -2.13. The van der Waals surface area contributed by atoms with Crippen molar-refractivity contribution >= 4 is 28.5 Å². The van der Waals surface area contributed by atoms with E-state index in [-0.39, 0.29) is 5.54 Å². The van der Waals surface area contributed by atoms with Gasteiger partial charge >= 0.3 is 0 Å². The number of benzene rings is 1. The lowest BCUT2D eigenvalue weighted by molar-refractivity contribution is 0.585. The van der Waals surface area contributed by atoms with Crippen LogP contribution in [0.3, 0.4) is 0 Å². The van der Waals surface area contributed by atoms with Crippen LogP contribution in [-0.2, 0) is 5.75 Å². The van der Waals surface area contributed by atoms with Gasteiger partial charge in [0.25, 0.3) is 0 Å². The summed E-state index contributed by atoms with van der Waals surface area (Å²) < 4.78 is 0. The fraction of sp³-hybridized carbons (Fsp3) is 0.417. The van der Waals surface area contributed by atoms with Gasteiger partial charge in [-0.2, -0.15) is 0 Å². The number of nitrogens with zero attached hydrogens (tertiary/aromatic N) is 1. The van der Waals surface area contributed by atoms with Gasteiger partial charge in [0.05, 0.1) is 5.54 Å². The van der Waals surface area contributed by atoms with Crippen LogP contribution in [-0.4, -0.2) is 10.7 Å². The Labute approximate surface area is 106 Å². The molecule has 2 nitrogen and oxygen atoms in total. The first-order chi connectivity index (χ1) is 7.37. The van der Waals surface area contributed by atoms with E-state index in [0.29, 0.717) is 5.17 Å². The molecule has 0 saturated carbocycles. The zero-order valence-electron chi connectivity index (χ0n) is 9.83. The molecule has 1 aromatic carbocycles. The molecule has 0 saturated heterocycles. The van der Waals surface area contributed by atoms with E-state index in [1.165, 1.54) is 11.8 Å². The topological polar surface area (TPSA) is 38.4 Å². The molecule has 0 spiro atoms. The number of nitrogens with two attached hydrogens (primary N) is 1. The standard InChI is InChI=1S/C12H17ClN2S/c1-12(2,3)15-11(14)16-8-9-5-4-6-10(13)7-9/h4-7H,8H2,1-3H3,(H2,14,15). The van der Waals surface area contributed by atoms with Crippen LogP contribution in [0.25, 0.3) is 0 Å². The Morgan fingerprint density at radius 3 is 2.69 bits per heavy atom. The van der Waals surface area contributed by atoms with Gasteiger partial charge in [-0.25, -0.2) is 0 Å². The number of thioether (sulfide) groups is 1. The summed E-state index contributed by atoms with van der Waals surface area (Å²) in [5.41, 5.74) is 6.86. The van der Waals surface area contributed by atoms with Gasteiger partial charge in [-0.1, -0.05) is 35.5 Å². The molecule has 2 N–H and O–H groups in total. The van der Waals surface area contributed by atoms with Crippen molar-refractivity contribution in [2.75, 3.05) is 0 Å². The Morgan fingerprint density at radius 2 is 2.12 bits per heavy atom. The van der Waals surface area contributed by atoms with Crippen molar-refractivity contribution in [2.45, 2.75) is 32.1 Å². The van der Waals surface area contributed by atoms with Crippen LogP contribution in [0.1, 0.15) is 26.3 Å². The zero-order valence-corrected chi connectivity index (χ0v) is 11.4. The molecule has 0 aliphatic heterocycles. The number of rotatable bonds is 2. The van der Waals surface area contributed by atoms with Gasteiger partial charge in [-0.3, -0.25) is 4.99 Å². The third-order valence-corrected chi connectivity index (χ3v) is 2.82. The fourth-order valence-corrected chi connectivity index (χ4v) is 2.19. The zero-order chi connectivity index (χ0) is 12.2. The third kappa shape index (κ3) is 5.42. The maximum Gasteiger partial charge on any atom is 0.154 e. The average Bonchev–Trinajstić information content (AvgIpc) is 2.12. The quantitative estimate of drug-likeness (QED) is 0.648. The van der Waals surface area contributed by atoms with Gasteiger partial charge in [0.15, 0.2) is 5.17 Å². The summed E-state index contributed by atoms with van der Waals surface area (Å²) in [5.74, 6) is 0.798. The van der Waals surface area contributed by atoms with E-state index in [4.69, 9.17) is 17.3 Å². The van der Waals surface area contributed by atoms with Gasteiger partial charge in [-0.15, -0.1) is 0 Å². The molecule has 0 aliphatic rings. The molecule has 1 aromatic rings. The van der Waals surface area contributed by atoms with Crippen molar-refractivity contribution in [3.8, 4) is 0 Å². The van der Waals surface area contributed by atoms with Crippen molar-refractivity contribution < 1.29 is 0 Å². The van der Waals surface area contributed by atoms with E-state index >= 15 is 0 Å². The molecule has 4 heteroatoms. The Hall–Kier alpha value is -0.670. The first-order valence-corrected chi connectivity index (χ1v) is 6.46. The fourth-order valence-electron chi connectivity index (χ4n) is 1.15. The van der Waals surface area contributed by atoms with Crippen LogP contribution in [0.5, 0.6) is 0 Å². The largest absolute Gasteiger partial charge is 0.379 e. The highest BCUT2D eigenvalue weighted by molar-refractivity contribution is 8.13. The maximum absolute atomic E-state index is 5.90. The van der Waals surface area contributed by atoms with E-state index in [2.05, 4.69) is 4.99 Å². The lowest BCUT2D eigenvalue weighted by atomic mass is 10.1. The minimum Gasteiger partial charge on any atom is -0.379 e. The van der Waals surface area contributed by atoms with E-state index in [9.17, 15) is 0 Å². The molecular formula is C12H17ClN2S. The van der Waals surface area contributed by atoms with Crippen LogP contribution in [0.15, 0.2) is 29.3 Å². The summed E-state index contributed by atoms with van der Waals surface area (Å²) in [6.07, 6.45) is 0. The number of aliphatic imine (C=N–C) groups is 1. The molecule has 0 radical (unpaired) electrons. The predicted octanol–water partition coefficient (Wildman–Crippen LogP) is 3.69. The number of halogens is 1. The van der Waals surface area contributed by atoms with E-state index < -0.39 is 0 Å². The van der Waals surface area contributed by atoms with Crippen molar-refractivity contribution in [3.05, 3.63) is 34.9 Å². The summed E-state index contributed by atoms with van der Waals surface area (Å²) >= 11 is 7.43. The van der Waals surface area contributed by atoms with Crippen molar-refractivity contribution in [3.63, 3.8) is 0 Å².